The van der Waals surface area contributed by atoms with Crippen molar-refractivity contribution in [3.8, 4) is 11.8 Å². The van der Waals surface area contributed by atoms with Gasteiger partial charge in [-0.15, -0.1) is 0 Å². The zero-order chi connectivity index (χ0) is 15.5. The van der Waals surface area contributed by atoms with Crippen molar-refractivity contribution in [3.63, 3.8) is 0 Å². The molecule has 3 heteroatoms. The third-order valence-electron chi connectivity index (χ3n) is 3.75. The number of hydrogen-bond acceptors (Lipinski definition) is 3. The molecule has 2 unspecified atom stereocenters. The average Bonchev–Trinajstić information content (AvgIpc) is 2.37. The molecule has 1 aromatic rings. The molecule has 3 nitrogen and oxygen atoms in total. The number of nitriles is 1. The first kappa shape index (κ1) is 16.5. The topological polar surface area (TPSA) is 36.3 Å². The molecule has 0 aliphatic heterocycles. The molecular weight excluding hydrogens is 248 g/mol. The van der Waals surface area contributed by atoms with Crippen molar-refractivity contribution in [1.29, 1.82) is 5.26 Å². The summed E-state index contributed by atoms with van der Waals surface area (Å²) in [5.41, 5.74) is 2.44. The zero-order valence-corrected chi connectivity index (χ0v) is 13.7. The van der Waals surface area contributed by atoms with Crippen LogP contribution in [0.4, 0.5) is 0 Å². The summed E-state index contributed by atoms with van der Waals surface area (Å²) >= 11 is 0. The summed E-state index contributed by atoms with van der Waals surface area (Å²) in [6.07, 6.45) is 0. The molecule has 0 N–H and O–H groups in total. The molecule has 0 amide bonds. The van der Waals surface area contributed by atoms with Crippen LogP contribution in [-0.2, 0) is 5.41 Å². The maximum absolute atomic E-state index is 9.39. The number of hydrogen-bond donors (Lipinski definition) is 0. The first-order valence-electron chi connectivity index (χ1n) is 6.96. The largest absolute Gasteiger partial charge is 0.496 e. The van der Waals surface area contributed by atoms with Crippen LogP contribution in [0.1, 0.15) is 44.7 Å². The molecule has 1 rings (SSSR count). The normalized spacial score (nSPS) is 14.8. The van der Waals surface area contributed by atoms with Crippen LogP contribution < -0.4 is 4.74 Å². The van der Waals surface area contributed by atoms with Gasteiger partial charge in [-0.25, -0.2) is 0 Å². The van der Waals surface area contributed by atoms with Crippen LogP contribution in [0.2, 0.25) is 0 Å². The van der Waals surface area contributed by atoms with Crippen LogP contribution in [0.5, 0.6) is 5.75 Å². The molecule has 0 aliphatic rings. The van der Waals surface area contributed by atoms with Gasteiger partial charge in [0, 0.05) is 5.92 Å². The second-order valence-corrected chi connectivity index (χ2v) is 6.53. The lowest BCUT2D eigenvalue weighted by Gasteiger charge is -2.27. The Hall–Kier alpha value is -1.53. The highest BCUT2D eigenvalue weighted by atomic mass is 16.5. The second-order valence-electron chi connectivity index (χ2n) is 6.53. The minimum absolute atomic E-state index is 0.0843. The van der Waals surface area contributed by atoms with Crippen LogP contribution in [0.3, 0.4) is 0 Å². The minimum atomic E-state index is -0.167. The highest BCUT2D eigenvalue weighted by Gasteiger charge is 2.25. The van der Waals surface area contributed by atoms with Crippen LogP contribution in [0, 0.1) is 11.3 Å². The molecule has 0 heterocycles. The van der Waals surface area contributed by atoms with E-state index < -0.39 is 0 Å². The number of benzene rings is 1. The summed E-state index contributed by atoms with van der Waals surface area (Å²) in [7, 11) is 5.55. The van der Waals surface area contributed by atoms with Crippen molar-refractivity contribution < 1.29 is 4.74 Å². The maximum atomic E-state index is 9.39. The summed E-state index contributed by atoms with van der Waals surface area (Å²) in [5.74, 6) is 0.944. The van der Waals surface area contributed by atoms with E-state index in [1.54, 1.807) is 7.11 Å². The van der Waals surface area contributed by atoms with Gasteiger partial charge >= 0.3 is 0 Å². The molecule has 0 saturated carbocycles. The maximum Gasteiger partial charge on any atom is 0.122 e. The van der Waals surface area contributed by atoms with Crippen molar-refractivity contribution in [3.05, 3.63) is 29.3 Å². The minimum Gasteiger partial charge on any atom is -0.496 e. The fourth-order valence-corrected chi connectivity index (χ4v) is 2.40. The van der Waals surface area contributed by atoms with E-state index in [0.717, 1.165) is 11.3 Å². The molecule has 110 valence electrons. The van der Waals surface area contributed by atoms with E-state index in [1.165, 1.54) is 5.56 Å². The van der Waals surface area contributed by atoms with E-state index in [2.05, 4.69) is 45.9 Å². The quantitative estimate of drug-likeness (QED) is 0.842. The summed E-state index contributed by atoms with van der Waals surface area (Å²) < 4.78 is 5.48. The van der Waals surface area contributed by atoms with Crippen molar-refractivity contribution in [2.45, 2.75) is 45.1 Å². The van der Waals surface area contributed by atoms with E-state index in [1.807, 2.05) is 25.1 Å². The molecule has 0 bridgehead atoms. The third kappa shape index (κ3) is 3.52. The summed E-state index contributed by atoms with van der Waals surface area (Å²) in [5, 5.41) is 9.39. The number of rotatable bonds is 4. The molecule has 0 aliphatic carbocycles. The Morgan fingerprint density at radius 1 is 1.25 bits per heavy atom. The van der Waals surface area contributed by atoms with Gasteiger partial charge in [-0.1, -0.05) is 39.8 Å². The van der Waals surface area contributed by atoms with Crippen molar-refractivity contribution in [2.24, 2.45) is 0 Å². The van der Waals surface area contributed by atoms with Gasteiger partial charge in [0.2, 0.25) is 0 Å². The van der Waals surface area contributed by atoms with E-state index >= 15 is 0 Å². The molecular formula is C17H26N2O. The predicted octanol–water partition coefficient (Wildman–Crippen LogP) is 3.55. The van der Waals surface area contributed by atoms with Crippen molar-refractivity contribution in [2.75, 3.05) is 21.2 Å². The fourth-order valence-electron chi connectivity index (χ4n) is 2.40. The first-order chi connectivity index (χ1) is 9.22. The molecule has 0 fully saturated rings. The smallest absolute Gasteiger partial charge is 0.122 e. The van der Waals surface area contributed by atoms with Gasteiger partial charge in [-0.3, -0.25) is 4.90 Å². The summed E-state index contributed by atoms with van der Waals surface area (Å²) in [6.45, 7) is 8.66. The average molecular weight is 274 g/mol. The van der Waals surface area contributed by atoms with E-state index in [0.29, 0.717) is 0 Å². The Morgan fingerprint density at radius 3 is 2.25 bits per heavy atom. The van der Waals surface area contributed by atoms with Crippen LogP contribution in [-0.4, -0.2) is 32.1 Å². The molecule has 1 aromatic carbocycles. The fraction of sp³-hybridized carbons (Fsp3) is 0.588. The Labute approximate surface area is 123 Å². The number of ether oxygens (including phenoxy) is 1. The second kappa shape index (κ2) is 6.28. The lowest BCUT2D eigenvalue weighted by molar-refractivity contribution is 0.310. The first-order valence-corrected chi connectivity index (χ1v) is 6.96. The van der Waals surface area contributed by atoms with Crippen molar-refractivity contribution >= 4 is 0 Å². The third-order valence-corrected chi connectivity index (χ3v) is 3.75. The monoisotopic (exact) mass is 274 g/mol. The Kier molecular flexibility index (Phi) is 5.19. The SMILES string of the molecule is COc1ccc(C(C)(C)C)cc1C(C)C(C#N)N(C)C. The Balaban J connectivity index is 3.31. The van der Waals surface area contributed by atoms with Gasteiger partial charge in [0.25, 0.3) is 0 Å². The van der Waals surface area contributed by atoms with E-state index in [-0.39, 0.29) is 17.4 Å². The standard InChI is InChI=1S/C17H26N2O/c1-12(15(11-18)19(5)6)14-10-13(17(2,3)4)8-9-16(14)20-7/h8-10,12,15H,1-7H3. The summed E-state index contributed by atoms with van der Waals surface area (Å²) in [6, 6.07) is 8.50. The Morgan fingerprint density at radius 2 is 1.85 bits per heavy atom. The van der Waals surface area contributed by atoms with Crippen LogP contribution in [0.15, 0.2) is 18.2 Å². The highest BCUT2D eigenvalue weighted by Crippen LogP contribution is 2.34. The zero-order valence-electron chi connectivity index (χ0n) is 13.7. The van der Waals surface area contributed by atoms with Crippen LogP contribution in [0.25, 0.3) is 0 Å². The van der Waals surface area contributed by atoms with Gasteiger partial charge in [0.05, 0.1) is 13.2 Å². The molecule has 0 spiro atoms. The predicted molar refractivity (Wildman–Crippen MR) is 83.2 cm³/mol. The molecule has 20 heavy (non-hydrogen) atoms. The van der Waals surface area contributed by atoms with Gasteiger partial charge < -0.3 is 4.74 Å². The molecule has 0 saturated heterocycles. The van der Waals surface area contributed by atoms with Crippen LogP contribution >= 0.6 is 0 Å². The van der Waals surface area contributed by atoms with Gasteiger partial charge in [-0.05, 0) is 36.7 Å². The Bertz CT molecular complexity index is 495. The molecule has 0 radical (unpaired) electrons. The van der Waals surface area contributed by atoms with E-state index in [4.69, 9.17) is 4.74 Å². The summed E-state index contributed by atoms with van der Waals surface area (Å²) in [4.78, 5) is 1.95. The highest BCUT2D eigenvalue weighted by molar-refractivity contribution is 5.43. The lowest BCUT2D eigenvalue weighted by Crippen LogP contribution is -2.31. The lowest BCUT2D eigenvalue weighted by atomic mass is 9.83. The molecule has 2 atom stereocenters. The number of likely N-dealkylation sites (N-methyl/N-ethyl adjacent to an activating group) is 1. The van der Waals surface area contributed by atoms with E-state index in [9.17, 15) is 5.26 Å². The van der Waals surface area contributed by atoms with Gasteiger partial charge in [-0.2, -0.15) is 5.26 Å². The van der Waals surface area contributed by atoms with Gasteiger partial charge in [0.1, 0.15) is 11.8 Å². The van der Waals surface area contributed by atoms with Gasteiger partial charge in [0.15, 0.2) is 0 Å². The number of methoxy groups -OCH3 is 1. The number of nitrogens with zero attached hydrogens (tertiary/aromatic N) is 2. The molecule has 0 aromatic heterocycles. The van der Waals surface area contributed by atoms with Crippen molar-refractivity contribution in [1.82, 2.24) is 4.90 Å².